The zero-order chi connectivity index (χ0) is 18.7. The second-order valence-electron chi connectivity index (χ2n) is 7.18. The molecule has 0 unspecified atom stereocenters. The van der Waals surface area contributed by atoms with Gasteiger partial charge in [-0.3, -0.25) is 4.99 Å². The summed E-state index contributed by atoms with van der Waals surface area (Å²) in [7, 11) is 1.72. The third-order valence-corrected chi connectivity index (χ3v) is 5.51. The Balaban J connectivity index is 1.38. The van der Waals surface area contributed by atoms with Gasteiger partial charge in [-0.1, -0.05) is 18.2 Å². The molecule has 7 nitrogen and oxygen atoms in total. The monoisotopic (exact) mass is 366 g/mol. The maximum atomic E-state index is 6.31. The van der Waals surface area contributed by atoms with Gasteiger partial charge in [-0.2, -0.15) is 0 Å². The van der Waals surface area contributed by atoms with Crippen molar-refractivity contribution in [3.8, 4) is 5.75 Å². The maximum Gasteiger partial charge on any atom is 0.225 e. The van der Waals surface area contributed by atoms with E-state index in [9.17, 15) is 0 Å². The van der Waals surface area contributed by atoms with E-state index in [1.807, 2.05) is 18.2 Å². The van der Waals surface area contributed by atoms with Crippen LogP contribution in [0.1, 0.15) is 18.4 Å². The number of methoxy groups -OCH3 is 1. The Kier molecular flexibility index (Phi) is 4.83. The Bertz CT molecular complexity index is 797. The number of para-hydroxylation sites is 1. The quantitative estimate of drug-likeness (QED) is 0.640. The Labute approximate surface area is 159 Å². The number of nitrogens with zero attached hydrogens (tertiary/aromatic N) is 5. The van der Waals surface area contributed by atoms with Crippen molar-refractivity contribution in [1.82, 2.24) is 14.9 Å². The fourth-order valence-electron chi connectivity index (χ4n) is 3.67. The van der Waals surface area contributed by atoms with E-state index >= 15 is 0 Å². The molecule has 0 bridgehead atoms. The van der Waals surface area contributed by atoms with E-state index in [0.29, 0.717) is 12.5 Å². The highest BCUT2D eigenvalue weighted by atomic mass is 16.5. The molecule has 1 aliphatic carbocycles. The normalized spacial score (nSPS) is 19.1. The molecule has 2 fully saturated rings. The van der Waals surface area contributed by atoms with Crippen LogP contribution in [0.2, 0.25) is 0 Å². The molecule has 0 atom stereocenters. The Hall–Kier alpha value is -2.83. The van der Waals surface area contributed by atoms with Gasteiger partial charge in [0.2, 0.25) is 5.95 Å². The number of nitrogens with two attached hydrogens (primary N) is 1. The highest BCUT2D eigenvalue weighted by Gasteiger charge is 2.46. The van der Waals surface area contributed by atoms with Crippen LogP contribution in [0, 0.1) is 0 Å². The molecule has 1 aromatic heterocycles. The van der Waals surface area contributed by atoms with Crippen LogP contribution in [0.4, 0.5) is 5.95 Å². The first-order valence-corrected chi connectivity index (χ1v) is 9.42. The third kappa shape index (κ3) is 3.67. The van der Waals surface area contributed by atoms with Gasteiger partial charge in [-0.05, 0) is 25.0 Å². The second-order valence-corrected chi connectivity index (χ2v) is 7.18. The van der Waals surface area contributed by atoms with Gasteiger partial charge in [0, 0.05) is 49.6 Å². The molecule has 1 aliphatic heterocycles. The lowest BCUT2D eigenvalue weighted by molar-refractivity contribution is 0.377. The van der Waals surface area contributed by atoms with Crippen LogP contribution in [-0.4, -0.2) is 60.7 Å². The van der Waals surface area contributed by atoms with E-state index in [2.05, 4.69) is 31.9 Å². The average Bonchev–Trinajstić information content (AvgIpc) is 3.54. The molecule has 0 spiro atoms. The van der Waals surface area contributed by atoms with E-state index < -0.39 is 0 Å². The van der Waals surface area contributed by atoms with Crippen molar-refractivity contribution < 1.29 is 4.74 Å². The summed E-state index contributed by atoms with van der Waals surface area (Å²) in [5.41, 5.74) is 7.64. The Morgan fingerprint density at radius 3 is 2.48 bits per heavy atom. The number of aromatic nitrogens is 2. The SMILES string of the molecule is COc1ccccc1C1(CN=C(N)N2CCN(c3ncccn3)CC2)CC1. The Morgan fingerprint density at radius 1 is 1.11 bits per heavy atom. The molecule has 2 aliphatic rings. The van der Waals surface area contributed by atoms with E-state index in [1.54, 1.807) is 19.5 Å². The molecule has 2 heterocycles. The Morgan fingerprint density at radius 2 is 1.81 bits per heavy atom. The summed E-state index contributed by atoms with van der Waals surface area (Å²) >= 11 is 0. The van der Waals surface area contributed by atoms with Gasteiger partial charge in [-0.15, -0.1) is 0 Å². The molecule has 27 heavy (non-hydrogen) atoms. The lowest BCUT2D eigenvalue weighted by atomic mass is 9.95. The van der Waals surface area contributed by atoms with E-state index in [4.69, 9.17) is 15.5 Å². The second kappa shape index (κ2) is 7.42. The van der Waals surface area contributed by atoms with Gasteiger partial charge in [0.05, 0.1) is 13.7 Å². The summed E-state index contributed by atoms with van der Waals surface area (Å²) in [4.78, 5) is 17.7. The first-order valence-electron chi connectivity index (χ1n) is 9.42. The van der Waals surface area contributed by atoms with Crippen LogP contribution in [-0.2, 0) is 5.41 Å². The van der Waals surface area contributed by atoms with Gasteiger partial charge in [0.15, 0.2) is 5.96 Å². The van der Waals surface area contributed by atoms with Crippen molar-refractivity contribution in [2.45, 2.75) is 18.3 Å². The van der Waals surface area contributed by atoms with Crippen molar-refractivity contribution in [3.63, 3.8) is 0 Å². The molecule has 0 radical (unpaired) electrons. The van der Waals surface area contributed by atoms with Crippen molar-refractivity contribution >= 4 is 11.9 Å². The lowest BCUT2D eigenvalue weighted by Crippen LogP contribution is -2.51. The largest absolute Gasteiger partial charge is 0.496 e. The minimum atomic E-state index is 0.0803. The zero-order valence-corrected chi connectivity index (χ0v) is 15.7. The molecule has 7 heteroatoms. The van der Waals surface area contributed by atoms with E-state index in [-0.39, 0.29) is 5.41 Å². The lowest BCUT2D eigenvalue weighted by Gasteiger charge is -2.35. The summed E-state index contributed by atoms with van der Waals surface area (Å²) in [5.74, 6) is 2.35. The van der Waals surface area contributed by atoms with Crippen molar-refractivity contribution in [1.29, 1.82) is 0 Å². The predicted octanol–water partition coefficient (Wildman–Crippen LogP) is 1.65. The minimum absolute atomic E-state index is 0.0803. The minimum Gasteiger partial charge on any atom is -0.496 e. The number of aliphatic imine (C=N–C) groups is 1. The van der Waals surface area contributed by atoms with Crippen molar-refractivity contribution in [2.75, 3.05) is 44.7 Å². The highest BCUT2D eigenvalue weighted by molar-refractivity contribution is 5.78. The molecule has 0 amide bonds. The standard InChI is InChI=1S/C20H26N6O/c1-27-17-6-3-2-5-16(17)20(7-8-20)15-24-18(21)25-11-13-26(14-12-25)19-22-9-4-10-23-19/h2-6,9-10H,7-8,11-15H2,1H3,(H2,21,24). The number of piperazine rings is 1. The summed E-state index contributed by atoms with van der Waals surface area (Å²) in [6.07, 6.45) is 5.81. The van der Waals surface area contributed by atoms with Gasteiger partial charge < -0.3 is 20.3 Å². The molecule has 1 aromatic carbocycles. The molecular formula is C20H26N6O. The number of guanidine groups is 1. The van der Waals surface area contributed by atoms with Crippen molar-refractivity contribution in [2.24, 2.45) is 10.7 Å². The number of hydrogen-bond acceptors (Lipinski definition) is 5. The molecular weight excluding hydrogens is 340 g/mol. The number of rotatable bonds is 5. The zero-order valence-electron chi connectivity index (χ0n) is 15.7. The number of hydrogen-bond donors (Lipinski definition) is 1. The summed E-state index contributed by atoms with van der Waals surface area (Å²) < 4.78 is 5.54. The molecule has 4 rings (SSSR count). The van der Waals surface area contributed by atoms with Crippen LogP contribution in [0.3, 0.4) is 0 Å². The van der Waals surface area contributed by atoms with Crippen LogP contribution in [0.15, 0.2) is 47.7 Å². The maximum absolute atomic E-state index is 6.31. The smallest absolute Gasteiger partial charge is 0.225 e. The fraction of sp³-hybridized carbons (Fsp3) is 0.450. The topological polar surface area (TPSA) is 79.9 Å². The number of ether oxygens (including phenoxy) is 1. The number of anilines is 1. The highest BCUT2D eigenvalue weighted by Crippen LogP contribution is 2.51. The summed E-state index contributed by atoms with van der Waals surface area (Å²) in [6, 6.07) is 10.1. The average molecular weight is 366 g/mol. The van der Waals surface area contributed by atoms with Gasteiger partial charge in [0.1, 0.15) is 5.75 Å². The molecule has 142 valence electrons. The van der Waals surface area contributed by atoms with Crippen LogP contribution in [0.5, 0.6) is 5.75 Å². The van der Waals surface area contributed by atoms with Crippen LogP contribution in [0.25, 0.3) is 0 Å². The molecule has 2 aromatic rings. The van der Waals surface area contributed by atoms with Gasteiger partial charge >= 0.3 is 0 Å². The van der Waals surface area contributed by atoms with E-state index in [0.717, 1.165) is 50.7 Å². The predicted molar refractivity (Wildman–Crippen MR) is 106 cm³/mol. The fourth-order valence-corrected chi connectivity index (χ4v) is 3.67. The number of benzene rings is 1. The first-order chi connectivity index (χ1) is 13.2. The van der Waals surface area contributed by atoms with Gasteiger partial charge in [0.25, 0.3) is 0 Å². The molecule has 1 saturated carbocycles. The van der Waals surface area contributed by atoms with Crippen molar-refractivity contribution in [3.05, 3.63) is 48.3 Å². The summed E-state index contributed by atoms with van der Waals surface area (Å²) in [5, 5.41) is 0. The molecule has 1 saturated heterocycles. The molecule has 2 N–H and O–H groups in total. The van der Waals surface area contributed by atoms with Crippen LogP contribution < -0.4 is 15.4 Å². The van der Waals surface area contributed by atoms with Crippen LogP contribution >= 0.6 is 0 Å². The van der Waals surface area contributed by atoms with Gasteiger partial charge in [-0.25, -0.2) is 9.97 Å². The first kappa shape index (κ1) is 17.6. The third-order valence-electron chi connectivity index (χ3n) is 5.51. The van der Waals surface area contributed by atoms with E-state index in [1.165, 1.54) is 5.56 Å². The summed E-state index contributed by atoms with van der Waals surface area (Å²) in [6.45, 7) is 4.06.